The molecule has 2 fully saturated rings. The van der Waals surface area contributed by atoms with E-state index < -0.39 is 5.97 Å². The average Bonchev–Trinajstić information content (AvgIpc) is 2.89. The van der Waals surface area contributed by atoms with E-state index in [0.29, 0.717) is 17.7 Å². The van der Waals surface area contributed by atoms with Crippen molar-refractivity contribution in [1.29, 1.82) is 0 Å². The minimum absolute atomic E-state index is 0.0447. The van der Waals surface area contributed by atoms with Crippen LogP contribution < -0.4 is 4.90 Å². The van der Waals surface area contributed by atoms with E-state index >= 15 is 0 Å². The highest BCUT2D eigenvalue weighted by Crippen LogP contribution is 2.31. The first-order valence-corrected chi connectivity index (χ1v) is 5.62. The Kier molecular flexibility index (Phi) is 2.44. The van der Waals surface area contributed by atoms with Crippen molar-refractivity contribution in [3.05, 3.63) is 18.1 Å². The van der Waals surface area contributed by atoms with E-state index in [1.54, 1.807) is 0 Å². The van der Waals surface area contributed by atoms with Crippen molar-refractivity contribution in [2.75, 3.05) is 31.2 Å². The summed E-state index contributed by atoms with van der Waals surface area (Å²) in [7, 11) is 0. The Bertz CT molecular complexity index is 439. The van der Waals surface area contributed by atoms with Crippen LogP contribution in [0.25, 0.3) is 0 Å². The Labute approximate surface area is 98.2 Å². The number of nitrogens with zero attached hydrogens (tertiary/aromatic N) is 3. The molecule has 2 atom stereocenters. The van der Waals surface area contributed by atoms with E-state index in [2.05, 4.69) is 14.9 Å². The highest BCUT2D eigenvalue weighted by molar-refractivity contribution is 5.86. The molecule has 1 aromatic heterocycles. The molecular weight excluding hydrogens is 222 g/mol. The lowest BCUT2D eigenvalue weighted by atomic mass is 10.0. The van der Waals surface area contributed by atoms with E-state index in [1.165, 1.54) is 12.4 Å². The Balaban J connectivity index is 1.81. The van der Waals surface area contributed by atoms with E-state index in [1.807, 2.05) is 0 Å². The Morgan fingerprint density at radius 1 is 1.35 bits per heavy atom. The number of carboxylic acid groups (broad SMARTS) is 1. The topological polar surface area (TPSA) is 75.5 Å². The van der Waals surface area contributed by atoms with Crippen LogP contribution in [-0.2, 0) is 4.74 Å². The molecule has 0 aliphatic carbocycles. The van der Waals surface area contributed by atoms with Crippen LogP contribution >= 0.6 is 0 Å². The van der Waals surface area contributed by atoms with Gasteiger partial charge in [-0.2, -0.15) is 0 Å². The summed E-state index contributed by atoms with van der Waals surface area (Å²) in [6, 6.07) is 1.53. The normalized spacial score (nSPS) is 27.2. The van der Waals surface area contributed by atoms with Crippen LogP contribution in [-0.4, -0.2) is 47.3 Å². The molecule has 0 saturated carbocycles. The zero-order valence-electron chi connectivity index (χ0n) is 9.24. The Morgan fingerprint density at radius 3 is 2.71 bits per heavy atom. The number of hydrogen-bond acceptors (Lipinski definition) is 5. The quantitative estimate of drug-likeness (QED) is 0.792. The predicted octanol–water partition coefficient (Wildman–Crippen LogP) is 0.257. The van der Waals surface area contributed by atoms with Crippen molar-refractivity contribution in [3.63, 3.8) is 0 Å². The summed E-state index contributed by atoms with van der Waals surface area (Å²) in [6.07, 6.45) is 1.31. The maximum Gasteiger partial charge on any atom is 0.354 e. The van der Waals surface area contributed by atoms with Crippen LogP contribution in [0.5, 0.6) is 0 Å². The molecule has 17 heavy (non-hydrogen) atoms. The third-order valence-corrected chi connectivity index (χ3v) is 3.44. The van der Waals surface area contributed by atoms with Gasteiger partial charge in [-0.25, -0.2) is 14.8 Å². The largest absolute Gasteiger partial charge is 0.477 e. The summed E-state index contributed by atoms with van der Waals surface area (Å²) < 4.78 is 5.40. The number of aromatic carboxylic acids is 1. The van der Waals surface area contributed by atoms with E-state index in [4.69, 9.17) is 9.84 Å². The van der Waals surface area contributed by atoms with Gasteiger partial charge in [0.25, 0.3) is 0 Å². The fraction of sp³-hybridized carbons (Fsp3) is 0.545. The molecule has 6 nitrogen and oxygen atoms in total. The van der Waals surface area contributed by atoms with Gasteiger partial charge in [-0.3, -0.25) is 0 Å². The number of rotatable bonds is 2. The monoisotopic (exact) mass is 235 g/mol. The summed E-state index contributed by atoms with van der Waals surface area (Å²) >= 11 is 0. The van der Waals surface area contributed by atoms with Crippen molar-refractivity contribution in [2.24, 2.45) is 11.8 Å². The van der Waals surface area contributed by atoms with Crippen molar-refractivity contribution in [2.45, 2.75) is 0 Å². The zero-order valence-corrected chi connectivity index (χ0v) is 9.24. The number of fused-ring (bicyclic) bond motifs is 1. The third kappa shape index (κ3) is 1.84. The maximum absolute atomic E-state index is 10.8. The second-order valence-corrected chi connectivity index (χ2v) is 4.53. The van der Waals surface area contributed by atoms with Crippen LogP contribution in [0.3, 0.4) is 0 Å². The molecule has 2 aliphatic rings. The molecule has 0 radical (unpaired) electrons. The van der Waals surface area contributed by atoms with E-state index in [-0.39, 0.29) is 5.69 Å². The first kappa shape index (κ1) is 10.5. The molecule has 0 unspecified atom stereocenters. The van der Waals surface area contributed by atoms with Crippen molar-refractivity contribution in [3.8, 4) is 0 Å². The first-order chi connectivity index (χ1) is 8.24. The molecular formula is C11H13N3O3. The fourth-order valence-electron chi connectivity index (χ4n) is 2.51. The number of hydrogen-bond donors (Lipinski definition) is 1. The highest BCUT2D eigenvalue weighted by atomic mass is 16.5. The minimum atomic E-state index is -1.02. The average molecular weight is 235 g/mol. The molecule has 2 saturated heterocycles. The summed E-state index contributed by atoms with van der Waals surface area (Å²) in [5, 5.41) is 8.88. The van der Waals surface area contributed by atoms with Gasteiger partial charge in [-0.05, 0) is 0 Å². The third-order valence-electron chi connectivity index (χ3n) is 3.44. The molecule has 0 amide bonds. The number of aromatic nitrogens is 2. The molecule has 0 spiro atoms. The lowest BCUT2D eigenvalue weighted by Crippen LogP contribution is -2.23. The SMILES string of the molecule is O=C(O)c1cc(N2C[C@H]3COC[C@H]3C2)ncn1. The molecule has 3 rings (SSSR count). The predicted molar refractivity (Wildman–Crippen MR) is 59.0 cm³/mol. The molecule has 90 valence electrons. The van der Waals surface area contributed by atoms with Gasteiger partial charge in [-0.15, -0.1) is 0 Å². The number of ether oxygens (including phenoxy) is 1. The van der Waals surface area contributed by atoms with Crippen LogP contribution in [0.2, 0.25) is 0 Å². The number of anilines is 1. The van der Waals surface area contributed by atoms with E-state index in [9.17, 15) is 4.79 Å². The van der Waals surface area contributed by atoms with Gasteiger partial charge < -0.3 is 14.7 Å². The number of carboxylic acids is 1. The van der Waals surface area contributed by atoms with Crippen molar-refractivity contribution >= 4 is 11.8 Å². The van der Waals surface area contributed by atoms with E-state index in [0.717, 1.165) is 26.3 Å². The van der Waals surface area contributed by atoms with Gasteiger partial charge in [-0.1, -0.05) is 0 Å². The summed E-state index contributed by atoms with van der Waals surface area (Å²) in [5.41, 5.74) is 0.0447. The van der Waals surface area contributed by atoms with Gasteiger partial charge in [0, 0.05) is 31.0 Å². The van der Waals surface area contributed by atoms with Crippen molar-refractivity contribution in [1.82, 2.24) is 9.97 Å². The Hall–Kier alpha value is -1.69. The van der Waals surface area contributed by atoms with Crippen molar-refractivity contribution < 1.29 is 14.6 Å². The molecule has 1 N–H and O–H groups in total. The molecule has 2 aliphatic heterocycles. The highest BCUT2D eigenvalue weighted by Gasteiger charge is 2.37. The molecule has 6 heteroatoms. The lowest BCUT2D eigenvalue weighted by molar-refractivity contribution is 0.0690. The van der Waals surface area contributed by atoms with Gasteiger partial charge in [0.2, 0.25) is 0 Å². The fourth-order valence-corrected chi connectivity index (χ4v) is 2.51. The molecule has 0 aromatic carbocycles. The summed E-state index contributed by atoms with van der Waals surface area (Å²) in [6.45, 7) is 3.39. The zero-order chi connectivity index (χ0) is 11.8. The van der Waals surface area contributed by atoms with Gasteiger partial charge in [0.15, 0.2) is 5.69 Å². The second-order valence-electron chi connectivity index (χ2n) is 4.53. The second kappa shape index (κ2) is 3.96. The maximum atomic E-state index is 10.8. The van der Waals surface area contributed by atoms with Gasteiger partial charge >= 0.3 is 5.97 Å². The molecule has 3 heterocycles. The molecule has 0 bridgehead atoms. The van der Waals surface area contributed by atoms with Gasteiger partial charge in [0.05, 0.1) is 13.2 Å². The van der Waals surface area contributed by atoms with Crippen LogP contribution in [0.15, 0.2) is 12.4 Å². The van der Waals surface area contributed by atoms with Crippen LogP contribution in [0, 0.1) is 11.8 Å². The smallest absolute Gasteiger partial charge is 0.354 e. The summed E-state index contributed by atoms with van der Waals surface area (Å²) in [4.78, 5) is 20.8. The van der Waals surface area contributed by atoms with Crippen LogP contribution in [0.4, 0.5) is 5.82 Å². The standard InChI is InChI=1S/C11H13N3O3/c15-11(16)9-1-10(13-6-12-9)14-2-7-4-17-5-8(7)3-14/h1,6-8H,2-5H2,(H,15,16)/t7-,8+. The lowest BCUT2D eigenvalue weighted by Gasteiger charge is -2.18. The molecule has 1 aromatic rings. The van der Waals surface area contributed by atoms with Crippen LogP contribution in [0.1, 0.15) is 10.5 Å². The number of carbonyl (C=O) groups is 1. The summed E-state index contributed by atoms with van der Waals surface area (Å²) in [5.74, 6) is 0.791. The Morgan fingerprint density at radius 2 is 2.06 bits per heavy atom. The van der Waals surface area contributed by atoms with Gasteiger partial charge in [0.1, 0.15) is 12.1 Å². The minimum Gasteiger partial charge on any atom is -0.477 e. The first-order valence-electron chi connectivity index (χ1n) is 5.62.